The van der Waals surface area contributed by atoms with Gasteiger partial charge in [-0.2, -0.15) is 0 Å². The Balaban J connectivity index is 1.64. The van der Waals surface area contributed by atoms with Crippen molar-refractivity contribution < 1.29 is 9.59 Å². The van der Waals surface area contributed by atoms with Crippen LogP contribution in [-0.2, 0) is 16.6 Å². The summed E-state index contributed by atoms with van der Waals surface area (Å²) < 4.78 is 3.20. The number of para-hydroxylation sites is 1. The summed E-state index contributed by atoms with van der Waals surface area (Å²) in [5, 5.41) is 5.58. The number of carbonyl (C=O) groups is 2. The van der Waals surface area contributed by atoms with Gasteiger partial charge in [0.15, 0.2) is 0 Å². The molecular formula is C23H25ClN4O3S. The number of nitrogens with zero attached hydrogens (tertiary/aromatic N) is 2. The molecule has 1 aromatic heterocycles. The highest BCUT2D eigenvalue weighted by molar-refractivity contribution is 8.01. The monoisotopic (exact) mass is 472 g/mol. The molecule has 0 bridgehead atoms. The summed E-state index contributed by atoms with van der Waals surface area (Å²) in [5.74, 6) is -0.488. The van der Waals surface area contributed by atoms with Crippen LogP contribution in [0.1, 0.15) is 18.2 Å². The van der Waals surface area contributed by atoms with E-state index in [1.54, 1.807) is 43.8 Å². The van der Waals surface area contributed by atoms with Gasteiger partial charge in [0.2, 0.25) is 11.8 Å². The van der Waals surface area contributed by atoms with E-state index in [0.717, 1.165) is 5.56 Å². The summed E-state index contributed by atoms with van der Waals surface area (Å²) in [5.41, 5.74) is 2.69. The number of halogens is 1. The third kappa shape index (κ3) is 5.08. The predicted molar refractivity (Wildman–Crippen MR) is 131 cm³/mol. The summed E-state index contributed by atoms with van der Waals surface area (Å²) in [6.07, 6.45) is 0. The third-order valence-corrected chi connectivity index (χ3v) is 6.73. The average molecular weight is 473 g/mol. The Bertz CT molecular complexity index is 1200. The van der Waals surface area contributed by atoms with Crippen LogP contribution >= 0.6 is 23.4 Å². The van der Waals surface area contributed by atoms with Crippen LogP contribution in [-0.4, -0.2) is 32.2 Å². The fourth-order valence-electron chi connectivity index (χ4n) is 3.14. The maximum atomic E-state index is 12.9. The lowest BCUT2D eigenvalue weighted by molar-refractivity contribution is -0.115. The zero-order valence-electron chi connectivity index (χ0n) is 18.3. The van der Waals surface area contributed by atoms with Crippen molar-refractivity contribution in [2.24, 2.45) is 7.05 Å². The van der Waals surface area contributed by atoms with Gasteiger partial charge >= 0.3 is 0 Å². The van der Waals surface area contributed by atoms with Gasteiger partial charge in [-0.1, -0.05) is 35.9 Å². The first-order valence-corrected chi connectivity index (χ1v) is 11.4. The van der Waals surface area contributed by atoms with Gasteiger partial charge in [-0.15, -0.1) is 11.8 Å². The summed E-state index contributed by atoms with van der Waals surface area (Å²) in [6, 6.07) is 14.5. The number of nitrogens with one attached hydrogen (secondary N) is 2. The predicted octanol–water partition coefficient (Wildman–Crippen LogP) is 4.15. The lowest BCUT2D eigenvalue weighted by Crippen LogP contribution is -2.28. The second kappa shape index (κ2) is 10.1. The number of benzene rings is 2. The van der Waals surface area contributed by atoms with E-state index in [-0.39, 0.29) is 28.8 Å². The Morgan fingerprint density at radius 2 is 1.75 bits per heavy atom. The highest BCUT2D eigenvalue weighted by atomic mass is 35.5. The number of rotatable bonds is 7. The molecule has 1 heterocycles. The Morgan fingerprint density at radius 3 is 2.44 bits per heavy atom. The highest BCUT2D eigenvalue weighted by Gasteiger charge is 2.22. The van der Waals surface area contributed by atoms with Crippen LogP contribution in [0.25, 0.3) is 5.69 Å². The molecule has 0 aliphatic rings. The van der Waals surface area contributed by atoms with E-state index in [1.807, 2.05) is 37.3 Å². The van der Waals surface area contributed by atoms with E-state index in [0.29, 0.717) is 22.1 Å². The van der Waals surface area contributed by atoms with E-state index < -0.39 is 5.25 Å². The lowest BCUT2D eigenvalue weighted by Gasteiger charge is -2.12. The van der Waals surface area contributed by atoms with Crippen LogP contribution in [0.15, 0.2) is 53.3 Å². The van der Waals surface area contributed by atoms with Gasteiger partial charge in [0.05, 0.1) is 22.4 Å². The van der Waals surface area contributed by atoms with Gasteiger partial charge in [0.1, 0.15) is 5.69 Å². The molecule has 168 valence electrons. The van der Waals surface area contributed by atoms with E-state index >= 15 is 0 Å². The molecule has 2 N–H and O–H groups in total. The molecule has 1 unspecified atom stereocenters. The van der Waals surface area contributed by atoms with Gasteiger partial charge in [-0.05, 0) is 50.6 Å². The number of hydrogen-bond donors (Lipinski definition) is 2. The molecule has 2 aromatic carbocycles. The molecule has 2 amide bonds. The zero-order chi connectivity index (χ0) is 23.4. The number of hydrogen-bond acceptors (Lipinski definition) is 4. The SMILES string of the molecule is Cc1c(Cl)cccc1NC(=O)CSC(C)C(=O)Nc1c(C)n(C)n(-c2ccccc2)c1=O. The third-order valence-electron chi connectivity index (χ3n) is 5.18. The van der Waals surface area contributed by atoms with E-state index in [4.69, 9.17) is 11.6 Å². The van der Waals surface area contributed by atoms with Crippen LogP contribution in [0, 0.1) is 13.8 Å². The normalized spacial score (nSPS) is 11.8. The van der Waals surface area contributed by atoms with Gasteiger partial charge < -0.3 is 10.6 Å². The molecule has 0 fully saturated rings. The Labute approximate surface area is 195 Å². The Kier molecular flexibility index (Phi) is 7.48. The molecule has 0 spiro atoms. The molecule has 3 aromatic rings. The van der Waals surface area contributed by atoms with Crippen LogP contribution in [0.2, 0.25) is 5.02 Å². The van der Waals surface area contributed by atoms with Crippen LogP contribution < -0.4 is 16.2 Å². The van der Waals surface area contributed by atoms with Gasteiger partial charge in [0, 0.05) is 17.8 Å². The fourth-order valence-corrected chi connectivity index (χ4v) is 4.00. The summed E-state index contributed by atoms with van der Waals surface area (Å²) >= 11 is 7.27. The van der Waals surface area contributed by atoms with Gasteiger partial charge in [-0.25, -0.2) is 4.68 Å². The van der Waals surface area contributed by atoms with Crippen molar-refractivity contribution >= 4 is 46.6 Å². The van der Waals surface area contributed by atoms with Crippen LogP contribution in [0.3, 0.4) is 0 Å². The number of carbonyl (C=O) groups excluding carboxylic acids is 2. The minimum atomic E-state index is -0.537. The Morgan fingerprint density at radius 1 is 1.06 bits per heavy atom. The first-order valence-electron chi connectivity index (χ1n) is 10.0. The van der Waals surface area contributed by atoms with Crippen LogP contribution in [0.5, 0.6) is 0 Å². The second-order valence-electron chi connectivity index (χ2n) is 7.34. The maximum absolute atomic E-state index is 12.9. The summed E-state index contributed by atoms with van der Waals surface area (Å²) in [7, 11) is 1.76. The molecule has 7 nitrogen and oxygen atoms in total. The number of thioether (sulfide) groups is 1. The second-order valence-corrected chi connectivity index (χ2v) is 9.08. The standard InChI is InChI=1S/C23H25ClN4O3S/c1-14-18(24)11-8-12-19(14)25-20(29)13-32-16(3)22(30)26-21-15(2)27(4)28(23(21)31)17-9-6-5-7-10-17/h5-12,16H,13H2,1-4H3,(H,25,29)(H,26,30). The van der Waals surface area contributed by atoms with Crippen molar-refractivity contribution in [3.05, 3.63) is 75.2 Å². The molecule has 32 heavy (non-hydrogen) atoms. The van der Waals surface area contributed by atoms with Crippen molar-refractivity contribution in [3.8, 4) is 5.69 Å². The minimum absolute atomic E-state index is 0.0859. The molecule has 9 heteroatoms. The molecule has 0 radical (unpaired) electrons. The molecular weight excluding hydrogens is 448 g/mol. The first kappa shape index (κ1) is 23.7. The quantitative estimate of drug-likeness (QED) is 0.541. The fraction of sp³-hybridized carbons (Fsp3) is 0.261. The average Bonchev–Trinajstić information content (AvgIpc) is 2.98. The smallest absolute Gasteiger partial charge is 0.295 e. The molecule has 0 aliphatic heterocycles. The number of aromatic nitrogens is 2. The summed E-state index contributed by atoms with van der Waals surface area (Å²) in [6.45, 7) is 5.30. The van der Waals surface area contributed by atoms with Crippen molar-refractivity contribution in [3.63, 3.8) is 0 Å². The van der Waals surface area contributed by atoms with Crippen molar-refractivity contribution in [1.29, 1.82) is 0 Å². The van der Waals surface area contributed by atoms with Crippen molar-refractivity contribution in [2.75, 3.05) is 16.4 Å². The van der Waals surface area contributed by atoms with Crippen molar-refractivity contribution in [1.82, 2.24) is 9.36 Å². The van der Waals surface area contributed by atoms with E-state index in [1.165, 1.54) is 16.4 Å². The van der Waals surface area contributed by atoms with Crippen LogP contribution in [0.4, 0.5) is 11.4 Å². The molecule has 3 rings (SSSR count). The number of anilines is 2. The summed E-state index contributed by atoms with van der Waals surface area (Å²) in [4.78, 5) is 38.0. The van der Waals surface area contributed by atoms with Crippen molar-refractivity contribution in [2.45, 2.75) is 26.0 Å². The first-order chi connectivity index (χ1) is 15.2. The molecule has 0 aliphatic carbocycles. The Hall–Kier alpha value is -2.97. The van der Waals surface area contributed by atoms with E-state index in [2.05, 4.69) is 10.6 Å². The van der Waals surface area contributed by atoms with Gasteiger partial charge in [-0.3, -0.25) is 19.1 Å². The maximum Gasteiger partial charge on any atom is 0.295 e. The molecule has 1 atom stereocenters. The minimum Gasteiger partial charge on any atom is -0.325 e. The topological polar surface area (TPSA) is 85.1 Å². The van der Waals surface area contributed by atoms with Gasteiger partial charge in [0.25, 0.3) is 5.56 Å². The lowest BCUT2D eigenvalue weighted by atomic mass is 10.2. The number of amides is 2. The molecule has 0 saturated carbocycles. The van der Waals surface area contributed by atoms with E-state index in [9.17, 15) is 14.4 Å². The highest BCUT2D eigenvalue weighted by Crippen LogP contribution is 2.23. The zero-order valence-corrected chi connectivity index (χ0v) is 19.9. The largest absolute Gasteiger partial charge is 0.325 e. The molecule has 0 saturated heterocycles.